The molecule has 0 spiro atoms. The van der Waals surface area contributed by atoms with Crippen molar-refractivity contribution >= 4 is 62.2 Å². The Bertz CT molecular complexity index is 2080. The van der Waals surface area contributed by atoms with Crippen LogP contribution in [0.25, 0.3) is 0 Å². The van der Waals surface area contributed by atoms with Gasteiger partial charge in [-0.3, -0.25) is 14.3 Å². The minimum Gasteiger partial charge on any atom is -0.468 e. The maximum absolute atomic E-state index is 14.3. The molecular formula is C31H37ClFN7O6S3. The summed E-state index contributed by atoms with van der Waals surface area (Å²) in [7, 11) is -2.59. The van der Waals surface area contributed by atoms with Crippen molar-refractivity contribution in [3.8, 4) is 0 Å². The van der Waals surface area contributed by atoms with E-state index in [0.29, 0.717) is 47.0 Å². The second-order valence-corrected chi connectivity index (χ2v) is 15.1. The van der Waals surface area contributed by atoms with Gasteiger partial charge in [-0.05, 0) is 82.1 Å². The molecule has 2 aromatic carbocycles. The van der Waals surface area contributed by atoms with E-state index in [2.05, 4.69) is 19.8 Å². The molecule has 3 heterocycles. The number of sulfone groups is 1. The smallest absolute Gasteiger partial charge is 0.346 e. The lowest BCUT2D eigenvalue weighted by atomic mass is 10.1. The first-order valence-electron chi connectivity index (χ1n) is 15.3. The molecule has 0 fully saturated rings. The predicted molar refractivity (Wildman–Crippen MR) is 185 cm³/mol. The second kappa shape index (κ2) is 16.3. The van der Waals surface area contributed by atoms with Gasteiger partial charge in [0.15, 0.2) is 0 Å². The average Bonchev–Trinajstić information content (AvgIpc) is 3.68. The number of carbonyl (C=O) groups excluding carboxylic acids is 2. The zero-order valence-electron chi connectivity index (χ0n) is 27.9. The highest BCUT2D eigenvalue weighted by atomic mass is 35.5. The topological polar surface area (TPSA) is 151 Å². The van der Waals surface area contributed by atoms with Gasteiger partial charge in [0.1, 0.15) is 17.8 Å². The summed E-state index contributed by atoms with van der Waals surface area (Å²) >= 11 is 8.17. The summed E-state index contributed by atoms with van der Waals surface area (Å²) in [6.45, 7) is 11.4. The predicted octanol–water partition coefficient (Wildman–Crippen LogP) is 5.14. The quantitative estimate of drug-likeness (QED) is 0.176. The van der Waals surface area contributed by atoms with E-state index in [1.807, 2.05) is 20.8 Å². The van der Waals surface area contributed by atoms with Crippen LogP contribution in [0.4, 0.5) is 14.9 Å². The molecule has 1 aliphatic heterocycles. The number of carbonyl (C=O) groups is 2. The summed E-state index contributed by atoms with van der Waals surface area (Å²) in [5.74, 6) is -0.923. The molecule has 0 radical (unpaired) electrons. The highest BCUT2D eigenvalue weighted by Crippen LogP contribution is 2.33. The third kappa shape index (κ3) is 8.69. The van der Waals surface area contributed by atoms with Crippen molar-refractivity contribution in [2.45, 2.75) is 75.5 Å². The lowest BCUT2D eigenvalue weighted by Crippen LogP contribution is -2.34. The van der Waals surface area contributed by atoms with Gasteiger partial charge < -0.3 is 9.64 Å². The number of amides is 1. The van der Waals surface area contributed by atoms with Crippen molar-refractivity contribution < 1.29 is 27.1 Å². The Morgan fingerprint density at radius 2 is 1.71 bits per heavy atom. The van der Waals surface area contributed by atoms with Crippen LogP contribution in [0.5, 0.6) is 0 Å². The van der Waals surface area contributed by atoms with Crippen LogP contribution >= 0.6 is 34.7 Å². The minimum atomic E-state index is -3.88. The summed E-state index contributed by atoms with van der Waals surface area (Å²) < 4.78 is 49.0. The van der Waals surface area contributed by atoms with Crippen molar-refractivity contribution in [1.29, 1.82) is 0 Å². The van der Waals surface area contributed by atoms with Crippen LogP contribution in [-0.4, -0.2) is 75.4 Å². The van der Waals surface area contributed by atoms with Crippen LogP contribution in [-0.2, 0) is 32.5 Å². The molecule has 0 N–H and O–H groups in total. The van der Waals surface area contributed by atoms with Gasteiger partial charge in [-0.2, -0.15) is 4.68 Å². The molecule has 0 bridgehead atoms. The van der Waals surface area contributed by atoms with Crippen LogP contribution in [0.15, 0.2) is 55.3 Å². The molecular weight excluding hydrogens is 717 g/mol. The van der Waals surface area contributed by atoms with E-state index in [4.69, 9.17) is 11.6 Å². The van der Waals surface area contributed by atoms with Crippen molar-refractivity contribution in [3.05, 3.63) is 72.6 Å². The Balaban J connectivity index is 0.000000221. The van der Waals surface area contributed by atoms with Crippen molar-refractivity contribution in [3.63, 3.8) is 0 Å². The number of halogens is 2. The number of ether oxygens (including phenoxy) is 1. The lowest BCUT2D eigenvalue weighted by molar-refractivity contribution is -0.137. The molecule has 0 aliphatic carbocycles. The molecule has 0 saturated carbocycles. The monoisotopic (exact) mass is 753 g/mol. The number of nitrogens with zero attached hydrogens (tertiary/aromatic N) is 7. The second-order valence-electron chi connectivity index (χ2n) is 11.0. The summed E-state index contributed by atoms with van der Waals surface area (Å²) in [6.07, 6.45) is 3.04. The number of hydrogen-bond acceptors (Lipinski definition) is 11. The van der Waals surface area contributed by atoms with E-state index >= 15 is 0 Å². The number of rotatable bonds is 8. The summed E-state index contributed by atoms with van der Waals surface area (Å²) in [5.41, 5.74) is 2.34. The van der Waals surface area contributed by atoms with Gasteiger partial charge in [-0.1, -0.05) is 29.3 Å². The van der Waals surface area contributed by atoms with Crippen LogP contribution in [0.1, 0.15) is 43.4 Å². The molecule has 1 amide bonds. The maximum atomic E-state index is 14.3. The number of aryl methyl sites for hydroxylation is 3. The maximum Gasteiger partial charge on any atom is 0.346 e. The van der Waals surface area contributed by atoms with Gasteiger partial charge in [0, 0.05) is 31.1 Å². The molecule has 1 aliphatic rings. The number of methoxy groups -OCH3 is 1. The lowest BCUT2D eigenvalue weighted by Gasteiger charge is -2.17. The largest absolute Gasteiger partial charge is 0.468 e. The first-order chi connectivity index (χ1) is 23.2. The fourth-order valence-electron chi connectivity index (χ4n) is 5.21. The number of aromatic nitrogens is 5. The molecule has 18 heteroatoms. The Morgan fingerprint density at radius 1 is 1.08 bits per heavy atom. The number of hydrogen-bond donors (Lipinski definition) is 0. The molecule has 2 aromatic heterocycles. The van der Waals surface area contributed by atoms with Gasteiger partial charge in [0.25, 0.3) is 5.16 Å². The van der Waals surface area contributed by atoms with E-state index in [1.54, 1.807) is 35.3 Å². The number of esters is 1. The fourth-order valence-corrected chi connectivity index (χ4v) is 8.73. The number of benzene rings is 2. The van der Waals surface area contributed by atoms with E-state index in [1.165, 1.54) is 18.1 Å². The Hall–Kier alpha value is -3.80. The molecule has 264 valence electrons. The van der Waals surface area contributed by atoms with Crippen LogP contribution < -0.4 is 9.67 Å². The normalized spacial score (nSPS) is 13.0. The Labute approximate surface area is 296 Å². The highest BCUT2D eigenvalue weighted by molar-refractivity contribution is 8.00. The van der Waals surface area contributed by atoms with E-state index in [9.17, 15) is 27.2 Å². The Morgan fingerprint density at radius 3 is 2.33 bits per heavy atom. The number of thioether (sulfide) groups is 1. The summed E-state index contributed by atoms with van der Waals surface area (Å²) in [4.78, 5) is 46.3. The summed E-state index contributed by atoms with van der Waals surface area (Å²) in [6, 6.07) is 5.85. The van der Waals surface area contributed by atoms with Gasteiger partial charge in [0.2, 0.25) is 14.6 Å². The van der Waals surface area contributed by atoms with Gasteiger partial charge in [-0.15, -0.1) is 16.9 Å². The third-order valence-electron chi connectivity index (χ3n) is 7.50. The van der Waals surface area contributed by atoms with Crippen molar-refractivity contribution in [2.75, 3.05) is 26.0 Å². The molecule has 49 heavy (non-hydrogen) atoms. The molecule has 0 atom stereocenters. The molecule has 0 saturated heterocycles. The van der Waals surface area contributed by atoms with Crippen LogP contribution in [0.2, 0.25) is 5.02 Å². The first kappa shape index (κ1) is 38.0. The zero-order chi connectivity index (χ0) is 36.0. The molecule has 0 unspecified atom stereocenters. The van der Waals surface area contributed by atoms with Gasteiger partial charge >= 0.3 is 16.9 Å². The third-order valence-corrected chi connectivity index (χ3v) is 11.7. The molecule has 13 nitrogen and oxygen atoms in total. The zero-order valence-corrected chi connectivity index (χ0v) is 31.1. The van der Waals surface area contributed by atoms with Crippen LogP contribution in [0, 0.1) is 26.6 Å². The van der Waals surface area contributed by atoms with Gasteiger partial charge in [0.05, 0.1) is 22.8 Å². The first-order valence-corrected chi connectivity index (χ1v) is 19.0. The minimum absolute atomic E-state index is 0.0605. The molecule has 4 aromatic rings. The van der Waals surface area contributed by atoms with E-state index in [0.717, 1.165) is 58.6 Å². The Kier molecular flexibility index (Phi) is 12.6. The van der Waals surface area contributed by atoms with E-state index < -0.39 is 27.7 Å². The average molecular weight is 754 g/mol. The standard InChI is InChI=1S/C16H22N4O3S.C15H15ClFN3O3S2/c1-6-19(7-2)16(21)20-10-17-15(18-20)24(22,23)14-12(4)8-11(3)9-13(14)5;1-23-13(21)8-24-12-7-11(10(17)6-9(12)16)18-14-19-4-2-3-5-20(19)15(22)25-14/h8-10H,6-7H2,1-5H3;6-7H,2-5,8H2,1H3/b;18-14-. The number of fused-ring (bicyclic) bond motifs is 1. The van der Waals surface area contributed by atoms with Crippen molar-refractivity contribution in [1.82, 2.24) is 29.0 Å². The fraction of sp³-hybridized carbons (Fsp3) is 0.419. The van der Waals surface area contributed by atoms with Gasteiger partial charge in [-0.25, -0.2) is 32.3 Å². The molecule has 5 rings (SSSR count). The van der Waals surface area contributed by atoms with E-state index in [-0.39, 0.29) is 31.4 Å². The van der Waals surface area contributed by atoms with Crippen LogP contribution in [0.3, 0.4) is 0 Å². The summed E-state index contributed by atoms with van der Waals surface area (Å²) in [5, 5.41) is 3.74. The SMILES string of the molecule is CCN(CC)C(=O)n1cnc(S(=O)(=O)c2c(C)cc(C)cc2C)n1.COC(=O)CSc1cc(/N=c2\sc(=O)n3n2CCCC3)c(F)cc1Cl. The highest BCUT2D eigenvalue weighted by Gasteiger charge is 2.28. The van der Waals surface area contributed by atoms with Crippen molar-refractivity contribution in [2.24, 2.45) is 4.99 Å².